The monoisotopic (exact) mass is 465 g/mol. The van der Waals surface area contributed by atoms with Crippen LogP contribution in [0.3, 0.4) is 0 Å². The number of benzene rings is 1. The number of hydrogen-bond donors (Lipinski definition) is 0. The molecule has 140 valence electrons. The fourth-order valence-electron chi connectivity index (χ4n) is 2.19. The minimum atomic E-state index is -4.13. The minimum absolute atomic E-state index is 0.0445. The number of hydrogen-bond acceptors (Lipinski definition) is 6. The lowest BCUT2D eigenvalue weighted by molar-refractivity contribution is 0.0594. The van der Waals surface area contributed by atoms with Gasteiger partial charge in [-0.15, -0.1) is 0 Å². The summed E-state index contributed by atoms with van der Waals surface area (Å²) in [6, 6.07) is 2.49. The lowest BCUT2D eigenvalue weighted by Gasteiger charge is -2.23. The van der Waals surface area contributed by atoms with Crippen LogP contribution in [0.15, 0.2) is 29.0 Å². The molecule has 0 fully saturated rings. The van der Waals surface area contributed by atoms with Gasteiger partial charge in [0.1, 0.15) is 5.82 Å². The number of carbonyl (C=O) groups excluding carboxylic acids is 1. The first kappa shape index (κ1) is 20.5. The molecule has 2 rings (SSSR count). The SMILES string of the molecule is CCN(c1nccnc1C(=O)OC)S(=O)(=O)Cc1c(F)ccc(Br)c1Cl. The third-order valence-electron chi connectivity index (χ3n) is 3.38. The number of aromatic nitrogens is 2. The third-order valence-corrected chi connectivity index (χ3v) is 6.46. The van der Waals surface area contributed by atoms with Crippen LogP contribution in [0.5, 0.6) is 0 Å². The molecule has 0 aliphatic carbocycles. The standard InChI is InChI=1S/C15H14BrClFN3O4S/c1-3-21(14-13(15(22)25-2)19-6-7-20-14)26(23,24)8-9-11(18)5-4-10(16)12(9)17/h4-7H,3,8H2,1-2H3. The Morgan fingerprint density at radius 1 is 1.35 bits per heavy atom. The summed E-state index contributed by atoms with van der Waals surface area (Å²) in [5, 5.41) is -0.0445. The highest BCUT2D eigenvalue weighted by atomic mass is 79.9. The molecular formula is C15H14BrClFN3O4S. The summed E-state index contributed by atoms with van der Waals surface area (Å²) in [7, 11) is -2.99. The lowest BCUT2D eigenvalue weighted by atomic mass is 10.2. The fourth-order valence-corrected chi connectivity index (χ4v) is 4.46. The number of methoxy groups -OCH3 is 1. The van der Waals surface area contributed by atoms with Gasteiger partial charge >= 0.3 is 5.97 Å². The van der Waals surface area contributed by atoms with Gasteiger partial charge in [-0.25, -0.2) is 27.6 Å². The van der Waals surface area contributed by atoms with E-state index in [0.717, 1.165) is 17.5 Å². The van der Waals surface area contributed by atoms with Gasteiger partial charge in [-0.3, -0.25) is 4.31 Å². The summed E-state index contributed by atoms with van der Waals surface area (Å²) >= 11 is 9.17. The number of rotatable bonds is 6. The van der Waals surface area contributed by atoms with Gasteiger partial charge < -0.3 is 4.74 Å². The largest absolute Gasteiger partial charge is 0.464 e. The Labute approximate surface area is 163 Å². The third kappa shape index (κ3) is 4.13. The van der Waals surface area contributed by atoms with E-state index >= 15 is 0 Å². The molecule has 0 bridgehead atoms. The van der Waals surface area contributed by atoms with Crippen LogP contribution in [0.1, 0.15) is 23.0 Å². The first-order valence-corrected chi connectivity index (χ1v) is 10.0. The van der Waals surface area contributed by atoms with Crippen molar-refractivity contribution < 1.29 is 22.3 Å². The summed E-state index contributed by atoms with van der Waals surface area (Å²) in [5.41, 5.74) is -0.454. The second kappa shape index (κ2) is 8.28. The predicted octanol–water partition coefficient (Wildman–Crippen LogP) is 3.17. The average molecular weight is 467 g/mol. The maximum absolute atomic E-state index is 14.1. The summed E-state index contributed by atoms with van der Waals surface area (Å²) < 4.78 is 45.7. The van der Waals surface area contributed by atoms with Crippen LogP contribution < -0.4 is 4.31 Å². The topological polar surface area (TPSA) is 89.5 Å². The zero-order chi connectivity index (χ0) is 19.5. The van der Waals surface area contributed by atoms with Crippen molar-refractivity contribution in [3.63, 3.8) is 0 Å². The zero-order valence-electron chi connectivity index (χ0n) is 13.7. The van der Waals surface area contributed by atoms with Crippen LogP contribution in [-0.2, 0) is 20.5 Å². The molecule has 0 aliphatic rings. The molecule has 1 heterocycles. The molecule has 1 aromatic heterocycles. The van der Waals surface area contributed by atoms with E-state index in [1.165, 1.54) is 18.5 Å². The van der Waals surface area contributed by atoms with Crippen LogP contribution in [0.25, 0.3) is 0 Å². The summed E-state index contributed by atoms with van der Waals surface area (Å²) in [6.07, 6.45) is 2.48. The Bertz CT molecular complexity index is 942. The molecule has 0 unspecified atom stereocenters. The molecule has 0 atom stereocenters. The first-order valence-electron chi connectivity index (χ1n) is 7.25. The highest BCUT2D eigenvalue weighted by Gasteiger charge is 2.30. The van der Waals surface area contributed by atoms with Crippen molar-refractivity contribution >= 4 is 49.3 Å². The predicted molar refractivity (Wildman–Crippen MR) is 98.1 cm³/mol. The number of ether oxygens (including phenoxy) is 1. The average Bonchev–Trinajstić information content (AvgIpc) is 2.62. The maximum Gasteiger partial charge on any atom is 0.360 e. The van der Waals surface area contributed by atoms with Gasteiger partial charge in [0.2, 0.25) is 10.0 Å². The van der Waals surface area contributed by atoms with E-state index in [1.807, 2.05) is 0 Å². The number of esters is 1. The number of anilines is 1. The van der Waals surface area contributed by atoms with Gasteiger partial charge in [0, 0.05) is 29.0 Å². The Morgan fingerprint density at radius 3 is 2.62 bits per heavy atom. The molecule has 0 saturated heterocycles. The van der Waals surface area contributed by atoms with Gasteiger partial charge in [-0.05, 0) is 35.0 Å². The van der Waals surface area contributed by atoms with Crippen molar-refractivity contribution in [3.8, 4) is 0 Å². The Balaban J connectivity index is 2.51. The fraction of sp³-hybridized carbons (Fsp3) is 0.267. The van der Waals surface area contributed by atoms with Crippen LogP contribution in [0, 0.1) is 5.82 Å². The molecule has 26 heavy (non-hydrogen) atoms. The molecular weight excluding hydrogens is 453 g/mol. The second-order valence-electron chi connectivity index (χ2n) is 4.96. The van der Waals surface area contributed by atoms with E-state index in [1.54, 1.807) is 6.92 Å². The van der Waals surface area contributed by atoms with Crippen molar-refractivity contribution in [2.45, 2.75) is 12.7 Å². The van der Waals surface area contributed by atoms with Crippen molar-refractivity contribution in [3.05, 3.63) is 51.1 Å². The molecule has 2 aromatic rings. The smallest absolute Gasteiger partial charge is 0.360 e. The van der Waals surface area contributed by atoms with Gasteiger partial charge in [0.15, 0.2) is 11.5 Å². The summed E-state index contributed by atoms with van der Waals surface area (Å²) in [5.74, 6) is -2.52. The number of sulfonamides is 1. The van der Waals surface area contributed by atoms with E-state index < -0.39 is 27.6 Å². The molecule has 1 aromatic carbocycles. The van der Waals surface area contributed by atoms with E-state index in [2.05, 4.69) is 30.6 Å². The number of halogens is 3. The summed E-state index contributed by atoms with van der Waals surface area (Å²) in [4.78, 5) is 19.6. The quantitative estimate of drug-likeness (QED) is 0.480. The molecule has 11 heteroatoms. The maximum atomic E-state index is 14.1. The van der Waals surface area contributed by atoms with Crippen LogP contribution in [-0.4, -0.2) is 38.0 Å². The van der Waals surface area contributed by atoms with Crippen molar-refractivity contribution in [1.82, 2.24) is 9.97 Å². The van der Waals surface area contributed by atoms with Gasteiger partial charge in [0.05, 0.1) is 17.9 Å². The molecule has 0 radical (unpaired) electrons. The minimum Gasteiger partial charge on any atom is -0.464 e. The zero-order valence-corrected chi connectivity index (χ0v) is 16.9. The number of carbonyl (C=O) groups is 1. The van der Waals surface area contributed by atoms with Crippen molar-refractivity contribution in [1.29, 1.82) is 0 Å². The molecule has 0 amide bonds. The summed E-state index contributed by atoms with van der Waals surface area (Å²) in [6.45, 7) is 1.49. The van der Waals surface area contributed by atoms with Gasteiger partial charge in [-0.1, -0.05) is 11.6 Å². The Kier molecular flexibility index (Phi) is 6.53. The normalized spacial score (nSPS) is 11.3. The lowest BCUT2D eigenvalue weighted by Crippen LogP contribution is -2.34. The van der Waals surface area contributed by atoms with Crippen molar-refractivity contribution in [2.24, 2.45) is 0 Å². The molecule has 0 N–H and O–H groups in total. The van der Waals surface area contributed by atoms with Crippen molar-refractivity contribution in [2.75, 3.05) is 18.0 Å². The first-order chi connectivity index (χ1) is 12.2. The molecule has 0 saturated carbocycles. The molecule has 7 nitrogen and oxygen atoms in total. The van der Waals surface area contributed by atoms with Crippen LogP contribution in [0.2, 0.25) is 5.02 Å². The van der Waals surface area contributed by atoms with E-state index in [9.17, 15) is 17.6 Å². The van der Waals surface area contributed by atoms with Crippen LogP contribution >= 0.6 is 27.5 Å². The van der Waals surface area contributed by atoms with Gasteiger partial charge in [-0.2, -0.15) is 0 Å². The van der Waals surface area contributed by atoms with Crippen LogP contribution in [0.4, 0.5) is 10.2 Å². The highest BCUT2D eigenvalue weighted by Crippen LogP contribution is 2.31. The molecule has 0 aliphatic heterocycles. The van der Waals surface area contributed by atoms with E-state index in [0.29, 0.717) is 4.47 Å². The highest BCUT2D eigenvalue weighted by molar-refractivity contribution is 9.10. The Morgan fingerprint density at radius 2 is 2.00 bits per heavy atom. The number of nitrogens with zero attached hydrogens (tertiary/aromatic N) is 3. The van der Waals surface area contributed by atoms with E-state index in [-0.39, 0.29) is 28.6 Å². The molecule has 0 spiro atoms. The second-order valence-corrected chi connectivity index (χ2v) is 8.09. The van der Waals surface area contributed by atoms with Gasteiger partial charge in [0.25, 0.3) is 0 Å². The Hall–Kier alpha value is -1.78. The van der Waals surface area contributed by atoms with E-state index in [4.69, 9.17) is 11.6 Å².